The number of carbonyl (C=O) groups excluding carboxylic acids is 2. The molecule has 1 N–H and O–H groups in total. The predicted molar refractivity (Wildman–Crippen MR) is 81.9 cm³/mol. The highest BCUT2D eigenvalue weighted by Crippen LogP contribution is 2.20. The van der Waals surface area contributed by atoms with Crippen molar-refractivity contribution < 1.29 is 14.3 Å². The lowest BCUT2D eigenvalue weighted by Gasteiger charge is -2.07. The van der Waals surface area contributed by atoms with Gasteiger partial charge in [-0.05, 0) is 42.5 Å². The Morgan fingerprint density at radius 2 is 1.77 bits per heavy atom. The second-order valence-electron chi connectivity index (χ2n) is 4.33. The van der Waals surface area contributed by atoms with Crippen molar-refractivity contribution in [1.82, 2.24) is 0 Å². The van der Waals surface area contributed by atoms with E-state index in [0.717, 1.165) is 0 Å². The van der Waals surface area contributed by atoms with Gasteiger partial charge < -0.3 is 10.1 Å². The molecule has 0 bridgehead atoms. The zero-order valence-corrected chi connectivity index (χ0v) is 12.3. The minimum atomic E-state index is -0.467. The molecule has 2 rings (SSSR count). The average Bonchev–Trinajstić information content (AvgIpc) is 2.54. The van der Waals surface area contributed by atoms with E-state index in [0.29, 0.717) is 22.4 Å². The number of hydrogen-bond donors (Lipinski definition) is 1. The maximum Gasteiger partial charge on any atom is 0.337 e. The molecule has 0 aromatic heterocycles. The molecule has 0 aliphatic carbocycles. The zero-order chi connectivity index (χ0) is 16.1. The van der Waals surface area contributed by atoms with Crippen molar-refractivity contribution in [3.8, 4) is 6.07 Å². The average molecular weight is 315 g/mol. The summed E-state index contributed by atoms with van der Waals surface area (Å²) in [4.78, 5) is 23.4. The minimum Gasteiger partial charge on any atom is -0.465 e. The van der Waals surface area contributed by atoms with Crippen LogP contribution >= 0.6 is 11.6 Å². The van der Waals surface area contributed by atoms with Crippen LogP contribution < -0.4 is 5.32 Å². The summed E-state index contributed by atoms with van der Waals surface area (Å²) in [7, 11) is 1.29. The summed E-state index contributed by atoms with van der Waals surface area (Å²) >= 11 is 5.91. The highest BCUT2D eigenvalue weighted by molar-refractivity contribution is 6.32. The Labute approximate surface area is 132 Å². The first-order chi connectivity index (χ1) is 10.5. The van der Waals surface area contributed by atoms with E-state index in [1.54, 1.807) is 6.07 Å². The van der Waals surface area contributed by atoms with Crippen molar-refractivity contribution in [2.75, 3.05) is 12.4 Å². The minimum absolute atomic E-state index is 0.265. The van der Waals surface area contributed by atoms with E-state index >= 15 is 0 Å². The largest absolute Gasteiger partial charge is 0.465 e. The highest BCUT2D eigenvalue weighted by Gasteiger charge is 2.10. The molecule has 0 saturated carbocycles. The van der Waals surface area contributed by atoms with E-state index in [-0.39, 0.29) is 10.9 Å². The summed E-state index contributed by atoms with van der Waals surface area (Å²) in [5, 5.41) is 11.7. The van der Waals surface area contributed by atoms with Gasteiger partial charge in [-0.3, -0.25) is 4.79 Å². The van der Waals surface area contributed by atoms with Crippen LogP contribution in [0.1, 0.15) is 26.3 Å². The SMILES string of the molecule is COC(=O)c1ccc(C(=O)Nc2ccc(C#N)c(Cl)c2)cc1. The van der Waals surface area contributed by atoms with Crippen molar-refractivity contribution in [2.24, 2.45) is 0 Å². The lowest BCUT2D eigenvalue weighted by Crippen LogP contribution is -2.12. The Hall–Kier alpha value is -2.84. The Bertz CT molecular complexity index is 764. The number of halogens is 1. The van der Waals surface area contributed by atoms with Gasteiger partial charge in [0.15, 0.2) is 0 Å². The third-order valence-electron chi connectivity index (χ3n) is 2.92. The number of nitrogens with zero attached hydrogens (tertiary/aromatic N) is 1. The molecular weight excluding hydrogens is 304 g/mol. The van der Waals surface area contributed by atoms with Crippen LogP contribution in [0.5, 0.6) is 0 Å². The van der Waals surface area contributed by atoms with Crippen molar-refractivity contribution >= 4 is 29.2 Å². The number of amides is 1. The monoisotopic (exact) mass is 314 g/mol. The smallest absolute Gasteiger partial charge is 0.337 e. The summed E-state index contributed by atoms with van der Waals surface area (Å²) in [6.45, 7) is 0. The molecule has 0 aliphatic heterocycles. The van der Waals surface area contributed by atoms with Crippen molar-refractivity contribution in [2.45, 2.75) is 0 Å². The lowest BCUT2D eigenvalue weighted by atomic mass is 10.1. The first-order valence-corrected chi connectivity index (χ1v) is 6.62. The quantitative estimate of drug-likeness (QED) is 0.882. The van der Waals surface area contributed by atoms with Gasteiger partial charge in [0.05, 0.1) is 23.3 Å². The fourth-order valence-electron chi connectivity index (χ4n) is 1.76. The van der Waals surface area contributed by atoms with E-state index in [1.807, 2.05) is 6.07 Å². The maximum absolute atomic E-state index is 12.1. The molecule has 5 nitrogen and oxygen atoms in total. The summed E-state index contributed by atoms with van der Waals surface area (Å²) in [5.74, 6) is -0.817. The number of esters is 1. The van der Waals surface area contributed by atoms with Crippen LogP contribution in [0.4, 0.5) is 5.69 Å². The number of nitrogens with one attached hydrogen (secondary N) is 1. The van der Waals surface area contributed by atoms with E-state index < -0.39 is 5.97 Å². The summed E-state index contributed by atoms with van der Waals surface area (Å²) in [6.07, 6.45) is 0. The molecule has 22 heavy (non-hydrogen) atoms. The summed E-state index contributed by atoms with van der Waals surface area (Å²) < 4.78 is 4.59. The molecule has 110 valence electrons. The highest BCUT2D eigenvalue weighted by atomic mass is 35.5. The van der Waals surface area contributed by atoms with Gasteiger partial charge in [0.25, 0.3) is 5.91 Å². The van der Waals surface area contributed by atoms with E-state index in [1.165, 1.54) is 43.5 Å². The zero-order valence-electron chi connectivity index (χ0n) is 11.6. The molecule has 0 radical (unpaired) electrons. The number of methoxy groups -OCH3 is 1. The fraction of sp³-hybridized carbons (Fsp3) is 0.0625. The van der Waals surface area contributed by atoms with Gasteiger partial charge in [-0.2, -0.15) is 5.26 Å². The summed E-state index contributed by atoms with van der Waals surface area (Å²) in [6, 6.07) is 12.6. The van der Waals surface area contributed by atoms with Gasteiger partial charge in [0, 0.05) is 11.3 Å². The normalized spacial score (nSPS) is 9.68. The Balaban J connectivity index is 2.14. The van der Waals surface area contributed by atoms with Gasteiger partial charge >= 0.3 is 5.97 Å². The van der Waals surface area contributed by atoms with Crippen molar-refractivity contribution in [3.63, 3.8) is 0 Å². The number of anilines is 1. The molecule has 0 aliphatic rings. The van der Waals surface area contributed by atoms with Crippen LogP contribution in [-0.4, -0.2) is 19.0 Å². The van der Waals surface area contributed by atoms with Gasteiger partial charge in [-0.15, -0.1) is 0 Å². The van der Waals surface area contributed by atoms with Crippen LogP contribution in [0, 0.1) is 11.3 Å². The van der Waals surface area contributed by atoms with E-state index in [4.69, 9.17) is 16.9 Å². The van der Waals surface area contributed by atoms with Crippen LogP contribution in [0.15, 0.2) is 42.5 Å². The van der Waals surface area contributed by atoms with E-state index in [2.05, 4.69) is 10.1 Å². The molecule has 0 heterocycles. The number of ether oxygens (including phenoxy) is 1. The molecule has 0 spiro atoms. The second-order valence-corrected chi connectivity index (χ2v) is 4.74. The molecule has 0 saturated heterocycles. The third kappa shape index (κ3) is 3.43. The Kier molecular flexibility index (Phi) is 4.77. The molecular formula is C16H11ClN2O3. The number of benzene rings is 2. The van der Waals surface area contributed by atoms with Crippen LogP contribution in [-0.2, 0) is 4.74 Å². The first kappa shape index (κ1) is 15.5. The third-order valence-corrected chi connectivity index (χ3v) is 3.23. The van der Waals surface area contributed by atoms with Gasteiger partial charge in [0.2, 0.25) is 0 Å². The topological polar surface area (TPSA) is 79.2 Å². The molecule has 0 atom stereocenters. The van der Waals surface area contributed by atoms with Gasteiger partial charge in [0.1, 0.15) is 6.07 Å². The molecule has 0 unspecified atom stereocenters. The maximum atomic E-state index is 12.1. The van der Waals surface area contributed by atoms with E-state index in [9.17, 15) is 9.59 Å². The first-order valence-electron chi connectivity index (χ1n) is 6.24. The Morgan fingerprint density at radius 3 is 2.32 bits per heavy atom. The predicted octanol–water partition coefficient (Wildman–Crippen LogP) is 3.25. The molecule has 1 amide bonds. The fourth-order valence-corrected chi connectivity index (χ4v) is 1.99. The molecule has 2 aromatic carbocycles. The van der Waals surface area contributed by atoms with Crippen LogP contribution in [0.25, 0.3) is 0 Å². The van der Waals surface area contributed by atoms with Gasteiger partial charge in [-0.25, -0.2) is 4.79 Å². The van der Waals surface area contributed by atoms with Crippen LogP contribution in [0.3, 0.4) is 0 Å². The van der Waals surface area contributed by atoms with Gasteiger partial charge in [-0.1, -0.05) is 11.6 Å². The number of carbonyl (C=O) groups is 2. The number of hydrogen-bond acceptors (Lipinski definition) is 4. The standard InChI is InChI=1S/C16H11ClN2O3/c1-22-16(21)11-4-2-10(3-5-11)15(20)19-13-7-6-12(9-18)14(17)8-13/h2-8H,1H3,(H,19,20). The molecule has 6 heteroatoms. The van der Waals surface area contributed by atoms with Crippen molar-refractivity contribution in [1.29, 1.82) is 5.26 Å². The molecule has 0 fully saturated rings. The number of nitriles is 1. The molecule has 2 aromatic rings. The number of rotatable bonds is 3. The van der Waals surface area contributed by atoms with Crippen molar-refractivity contribution in [3.05, 3.63) is 64.2 Å². The Morgan fingerprint density at radius 1 is 1.14 bits per heavy atom. The second kappa shape index (κ2) is 6.74. The summed E-state index contributed by atoms with van der Waals surface area (Å²) in [5.41, 5.74) is 1.56. The lowest BCUT2D eigenvalue weighted by molar-refractivity contribution is 0.0600. The van der Waals surface area contributed by atoms with Crippen LogP contribution in [0.2, 0.25) is 5.02 Å².